The highest BCUT2D eigenvalue weighted by Crippen LogP contribution is 2.34. The molecular formula is C15H19BrN2O. The number of nitrogens with zero attached hydrogens (tertiary/aromatic N) is 1. The van der Waals surface area contributed by atoms with E-state index >= 15 is 0 Å². The molecule has 4 heteroatoms. The van der Waals surface area contributed by atoms with E-state index in [9.17, 15) is 0 Å². The lowest BCUT2D eigenvalue weighted by molar-refractivity contribution is 0.297. The molecule has 0 saturated carbocycles. The van der Waals surface area contributed by atoms with Gasteiger partial charge in [0.2, 0.25) is 0 Å². The molecule has 1 aromatic carbocycles. The van der Waals surface area contributed by atoms with Crippen LogP contribution in [-0.2, 0) is 6.42 Å². The molecule has 19 heavy (non-hydrogen) atoms. The number of aliphatic hydroxyl groups excluding tert-OH is 1. The number of aliphatic hydroxyl groups is 1. The first-order valence-electron chi connectivity index (χ1n) is 6.38. The number of halogens is 1. The van der Waals surface area contributed by atoms with Crippen molar-refractivity contribution in [2.45, 2.75) is 34.1 Å². The molecule has 0 unspecified atom stereocenters. The van der Waals surface area contributed by atoms with Crippen molar-refractivity contribution in [2.24, 2.45) is 0 Å². The van der Waals surface area contributed by atoms with Gasteiger partial charge in [-0.25, -0.2) is 4.98 Å². The van der Waals surface area contributed by atoms with E-state index in [1.807, 2.05) is 0 Å². The summed E-state index contributed by atoms with van der Waals surface area (Å²) in [5, 5.41) is 9.01. The van der Waals surface area contributed by atoms with E-state index in [4.69, 9.17) is 5.11 Å². The van der Waals surface area contributed by atoms with Crippen LogP contribution < -0.4 is 0 Å². The quantitative estimate of drug-likeness (QED) is 0.906. The summed E-state index contributed by atoms with van der Waals surface area (Å²) in [5.74, 6) is 0.808. The van der Waals surface area contributed by atoms with E-state index in [0.29, 0.717) is 6.42 Å². The van der Waals surface area contributed by atoms with Gasteiger partial charge < -0.3 is 10.1 Å². The topological polar surface area (TPSA) is 48.9 Å². The predicted octanol–water partition coefficient (Wildman–Crippen LogP) is 3.61. The molecule has 0 aliphatic carbocycles. The van der Waals surface area contributed by atoms with Crippen LogP contribution in [0.15, 0.2) is 10.7 Å². The molecule has 0 aliphatic heterocycles. The zero-order valence-corrected chi connectivity index (χ0v) is 13.3. The second-order valence-corrected chi connectivity index (χ2v) is 5.75. The minimum absolute atomic E-state index is 0.101. The second kappa shape index (κ2) is 5.47. The first kappa shape index (κ1) is 14.3. The van der Waals surface area contributed by atoms with E-state index in [-0.39, 0.29) is 6.61 Å². The van der Waals surface area contributed by atoms with Gasteiger partial charge in [0, 0.05) is 12.0 Å². The average Bonchev–Trinajstić information content (AvgIpc) is 2.69. The van der Waals surface area contributed by atoms with Gasteiger partial charge in [0.1, 0.15) is 16.1 Å². The van der Waals surface area contributed by atoms with Crippen LogP contribution in [0.2, 0.25) is 0 Å². The fraction of sp³-hybridized carbons (Fsp3) is 0.400. The number of rotatable bonds is 3. The summed E-state index contributed by atoms with van der Waals surface area (Å²) in [7, 11) is 0. The number of hydrogen-bond donors (Lipinski definition) is 2. The molecule has 0 aliphatic rings. The molecule has 0 bridgehead atoms. The molecule has 2 N–H and O–H groups in total. The van der Waals surface area contributed by atoms with Crippen LogP contribution in [-0.4, -0.2) is 21.7 Å². The summed E-state index contributed by atoms with van der Waals surface area (Å²) in [6, 6.07) is 2.21. The summed E-state index contributed by atoms with van der Waals surface area (Å²) in [5.41, 5.74) is 7.18. The lowest BCUT2D eigenvalue weighted by atomic mass is 9.93. The maximum atomic E-state index is 9.01. The molecular weight excluding hydrogens is 304 g/mol. The fourth-order valence-corrected chi connectivity index (χ4v) is 2.88. The molecule has 0 spiro atoms. The van der Waals surface area contributed by atoms with Crippen LogP contribution in [0.4, 0.5) is 0 Å². The fourth-order valence-electron chi connectivity index (χ4n) is 2.36. The summed E-state index contributed by atoms with van der Waals surface area (Å²) >= 11 is 3.54. The van der Waals surface area contributed by atoms with Crippen molar-refractivity contribution >= 4 is 15.9 Å². The Kier molecular flexibility index (Phi) is 4.11. The van der Waals surface area contributed by atoms with Gasteiger partial charge in [-0.2, -0.15) is 0 Å². The third-order valence-electron chi connectivity index (χ3n) is 3.66. The number of aromatic amines is 1. The Bertz CT molecular complexity index is 591. The molecule has 0 atom stereocenters. The SMILES string of the molecule is Cc1cc(C)c(C)c(-c2nc(CCO)[nH]c2Br)c1C. The Morgan fingerprint density at radius 1 is 1.16 bits per heavy atom. The van der Waals surface area contributed by atoms with Gasteiger partial charge in [0.25, 0.3) is 0 Å². The number of H-pyrrole nitrogens is 1. The Labute approximate surface area is 122 Å². The maximum Gasteiger partial charge on any atom is 0.110 e. The normalized spacial score (nSPS) is 11.1. The zero-order valence-electron chi connectivity index (χ0n) is 11.8. The molecule has 102 valence electrons. The zero-order chi connectivity index (χ0) is 14.2. The van der Waals surface area contributed by atoms with Gasteiger partial charge in [-0.1, -0.05) is 6.07 Å². The number of aryl methyl sites for hydroxylation is 2. The van der Waals surface area contributed by atoms with Gasteiger partial charge in [0.15, 0.2) is 0 Å². The third-order valence-corrected chi connectivity index (χ3v) is 4.23. The largest absolute Gasteiger partial charge is 0.396 e. The predicted molar refractivity (Wildman–Crippen MR) is 81.5 cm³/mol. The van der Waals surface area contributed by atoms with E-state index in [1.165, 1.54) is 27.8 Å². The number of hydrogen-bond acceptors (Lipinski definition) is 2. The summed E-state index contributed by atoms with van der Waals surface area (Å²) in [6.45, 7) is 8.61. The highest BCUT2D eigenvalue weighted by atomic mass is 79.9. The number of aromatic nitrogens is 2. The van der Waals surface area contributed by atoms with Crippen molar-refractivity contribution in [2.75, 3.05) is 6.61 Å². The molecule has 2 rings (SSSR count). The summed E-state index contributed by atoms with van der Waals surface area (Å²) in [6.07, 6.45) is 0.543. The Morgan fingerprint density at radius 3 is 2.26 bits per heavy atom. The maximum absolute atomic E-state index is 9.01. The van der Waals surface area contributed by atoms with Crippen LogP contribution in [0.25, 0.3) is 11.3 Å². The molecule has 3 nitrogen and oxygen atoms in total. The van der Waals surface area contributed by atoms with Crippen LogP contribution >= 0.6 is 15.9 Å². The number of nitrogens with one attached hydrogen (secondary N) is 1. The smallest absolute Gasteiger partial charge is 0.110 e. The first-order valence-corrected chi connectivity index (χ1v) is 7.18. The minimum Gasteiger partial charge on any atom is -0.396 e. The number of benzene rings is 1. The minimum atomic E-state index is 0.101. The van der Waals surface area contributed by atoms with Gasteiger partial charge in [-0.15, -0.1) is 0 Å². The molecule has 0 fully saturated rings. The van der Waals surface area contributed by atoms with E-state index < -0.39 is 0 Å². The highest BCUT2D eigenvalue weighted by molar-refractivity contribution is 9.10. The van der Waals surface area contributed by atoms with Gasteiger partial charge in [-0.3, -0.25) is 0 Å². The Hall–Kier alpha value is -1.13. The van der Waals surface area contributed by atoms with Crippen molar-refractivity contribution in [1.29, 1.82) is 0 Å². The Morgan fingerprint density at radius 2 is 1.74 bits per heavy atom. The molecule has 0 radical (unpaired) electrons. The van der Waals surface area contributed by atoms with Crippen LogP contribution in [0.3, 0.4) is 0 Å². The standard InChI is InChI=1S/C15H19BrN2O/c1-8-7-9(2)11(4)13(10(8)3)14-15(16)18-12(17-14)5-6-19/h7,19H,5-6H2,1-4H3,(H,17,18). The van der Waals surface area contributed by atoms with Gasteiger partial charge in [0.05, 0.1) is 6.61 Å². The molecule has 1 heterocycles. The van der Waals surface area contributed by atoms with Crippen LogP contribution in [0.1, 0.15) is 28.1 Å². The van der Waals surface area contributed by atoms with E-state index in [2.05, 4.69) is 59.7 Å². The molecule has 2 aromatic rings. The molecule has 0 saturated heterocycles. The van der Waals surface area contributed by atoms with Crippen molar-refractivity contribution in [3.05, 3.63) is 38.7 Å². The van der Waals surface area contributed by atoms with Crippen molar-refractivity contribution in [3.8, 4) is 11.3 Å². The van der Waals surface area contributed by atoms with Crippen molar-refractivity contribution in [1.82, 2.24) is 9.97 Å². The lowest BCUT2D eigenvalue weighted by Gasteiger charge is -2.13. The van der Waals surface area contributed by atoms with E-state index in [1.54, 1.807) is 0 Å². The Balaban J connectivity index is 2.65. The lowest BCUT2D eigenvalue weighted by Crippen LogP contribution is -1.96. The molecule has 0 amide bonds. The van der Waals surface area contributed by atoms with Crippen LogP contribution in [0.5, 0.6) is 0 Å². The van der Waals surface area contributed by atoms with Gasteiger partial charge in [-0.05, 0) is 65.9 Å². The third kappa shape index (κ3) is 2.60. The summed E-state index contributed by atoms with van der Waals surface area (Å²) < 4.78 is 0.882. The van der Waals surface area contributed by atoms with Gasteiger partial charge >= 0.3 is 0 Å². The highest BCUT2D eigenvalue weighted by Gasteiger charge is 2.17. The van der Waals surface area contributed by atoms with Crippen LogP contribution in [0, 0.1) is 27.7 Å². The van der Waals surface area contributed by atoms with Crippen molar-refractivity contribution < 1.29 is 5.11 Å². The summed E-state index contributed by atoms with van der Waals surface area (Å²) in [4.78, 5) is 7.79. The van der Waals surface area contributed by atoms with Crippen molar-refractivity contribution in [3.63, 3.8) is 0 Å². The first-order chi connectivity index (χ1) is 8.95. The molecule has 1 aromatic heterocycles. The average molecular weight is 323 g/mol. The monoisotopic (exact) mass is 322 g/mol. The van der Waals surface area contributed by atoms with E-state index in [0.717, 1.165) is 16.1 Å². The number of imidazole rings is 1. The second-order valence-electron chi connectivity index (χ2n) is 4.96.